The third-order valence-electron chi connectivity index (χ3n) is 15.7. The highest BCUT2D eigenvalue weighted by Gasteiger charge is 2.30. The zero-order valence-electron chi connectivity index (χ0n) is 59.4. The lowest BCUT2D eigenvalue weighted by Gasteiger charge is -2.21. The molecule has 17 nitrogen and oxygen atoms in total. The van der Waals surface area contributed by atoms with Gasteiger partial charge in [0.1, 0.15) is 19.3 Å². The van der Waals surface area contributed by atoms with Crippen LogP contribution < -0.4 is 0 Å². The second-order valence-electron chi connectivity index (χ2n) is 24.9. The van der Waals surface area contributed by atoms with Crippen LogP contribution in [0, 0.1) is 0 Å². The van der Waals surface area contributed by atoms with Gasteiger partial charge < -0.3 is 33.8 Å². The number of aliphatic hydroxyl groups excluding tert-OH is 1. The minimum atomic E-state index is -4.97. The van der Waals surface area contributed by atoms with Crippen molar-refractivity contribution in [2.75, 3.05) is 39.6 Å². The maximum atomic E-state index is 13.0. The van der Waals surface area contributed by atoms with E-state index < -0.39 is 97.5 Å². The van der Waals surface area contributed by atoms with E-state index in [1.54, 1.807) is 0 Å². The van der Waals surface area contributed by atoms with E-state index in [1.807, 2.05) is 12.2 Å². The first-order chi connectivity index (χ1) is 45.7. The standard InChI is InChI=1S/C75H134O17P2/c1-5-9-13-17-21-25-29-31-33-34-36-38-42-44-48-52-56-60-73(78)86-66-71(92-75(80)62-58-54-50-46-40-28-24-20-16-12-8-4)68-90-94(83,84)88-64-69(76)63-87-93(81,82)89-67-70(91-74(79)61-57-53-49-45-39-27-23-19-15-11-7-3)65-85-72(77)59-55-51-47-43-41-37-35-32-30-26-22-18-14-10-6-2/h9,13,21,25,31-33,35-36,38,44,48,69-71,76H,5-8,10-12,14-20,22-24,26-30,34,37,39-43,45-47,49-68H2,1-4H3,(H,81,82)(H,83,84)/b13-9-,25-21-,33-31-,35-32-,38-36-,48-44-. The Morgan fingerprint density at radius 1 is 0.309 bits per heavy atom. The van der Waals surface area contributed by atoms with Gasteiger partial charge >= 0.3 is 39.5 Å². The van der Waals surface area contributed by atoms with Crippen molar-refractivity contribution in [1.29, 1.82) is 0 Å². The summed E-state index contributed by atoms with van der Waals surface area (Å²) >= 11 is 0. The summed E-state index contributed by atoms with van der Waals surface area (Å²) in [5, 5.41) is 10.6. The molecule has 19 heteroatoms. The molecule has 546 valence electrons. The lowest BCUT2D eigenvalue weighted by Crippen LogP contribution is -2.30. The molecule has 0 aromatic heterocycles. The molecule has 0 saturated heterocycles. The Kier molecular flexibility index (Phi) is 65.5. The Balaban J connectivity index is 5.32. The van der Waals surface area contributed by atoms with Crippen molar-refractivity contribution < 1.29 is 80.2 Å². The van der Waals surface area contributed by atoms with Crippen molar-refractivity contribution in [3.63, 3.8) is 0 Å². The van der Waals surface area contributed by atoms with Gasteiger partial charge in [0.15, 0.2) is 12.2 Å². The Morgan fingerprint density at radius 2 is 0.564 bits per heavy atom. The van der Waals surface area contributed by atoms with Crippen LogP contribution >= 0.6 is 15.6 Å². The Labute approximate surface area is 571 Å². The first-order valence-electron chi connectivity index (χ1n) is 37.2. The van der Waals surface area contributed by atoms with Crippen molar-refractivity contribution in [2.24, 2.45) is 0 Å². The number of carbonyl (C=O) groups is 4. The molecular formula is C75H134O17P2. The predicted molar refractivity (Wildman–Crippen MR) is 381 cm³/mol. The molecule has 0 rings (SSSR count). The molecule has 5 unspecified atom stereocenters. The number of rotatable bonds is 70. The van der Waals surface area contributed by atoms with Gasteiger partial charge in [0, 0.05) is 25.7 Å². The largest absolute Gasteiger partial charge is 0.472 e. The summed E-state index contributed by atoms with van der Waals surface area (Å²) in [5.41, 5.74) is 0. The van der Waals surface area contributed by atoms with Crippen molar-refractivity contribution in [1.82, 2.24) is 0 Å². The quantitative estimate of drug-likeness (QED) is 0.0169. The summed E-state index contributed by atoms with van der Waals surface area (Å²) in [6.45, 7) is 4.69. The number of aliphatic hydroxyl groups is 1. The van der Waals surface area contributed by atoms with Crippen molar-refractivity contribution in [3.8, 4) is 0 Å². The smallest absolute Gasteiger partial charge is 0.462 e. The summed E-state index contributed by atoms with van der Waals surface area (Å²) in [4.78, 5) is 72.6. The zero-order chi connectivity index (χ0) is 69.0. The van der Waals surface area contributed by atoms with E-state index >= 15 is 0 Å². The van der Waals surface area contributed by atoms with Crippen LogP contribution in [0.4, 0.5) is 0 Å². The monoisotopic (exact) mass is 1370 g/mol. The van der Waals surface area contributed by atoms with Gasteiger partial charge in [0.2, 0.25) is 0 Å². The predicted octanol–water partition coefficient (Wildman–Crippen LogP) is 20.9. The molecule has 0 radical (unpaired) electrons. The van der Waals surface area contributed by atoms with Gasteiger partial charge in [0.05, 0.1) is 26.4 Å². The van der Waals surface area contributed by atoms with Crippen molar-refractivity contribution >= 4 is 39.5 Å². The number of hydrogen-bond acceptors (Lipinski definition) is 15. The average molecular weight is 1370 g/mol. The second kappa shape index (κ2) is 68.0. The van der Waals surface area contributed by atoms with Gasteiger partial charge in [-0.3, -0.25) is 37.3 Å². The van der Waals surface area contributed by atoms with Crippen LogP contribution in [-0.2, 0) is 65.4 Å². The molecule has 0 saturated carbocycles. The van der Waals surface area contributed by atoms with E-state index in [9.17, 15) is 43.2 Å². The molecule has 0 aliphatic heterocycles. The van der Waals surface area contributed by atoms with Crippen LogP contribution in [0.5, 0.6) is 0 Å². The Hall–Kier alpha value is -3.50. The van der Waals surface area contributed by atoms with Crippen LogP contribution in [0.25, 0.3) is 0 Å². The molecular weight excluding hydrogens is 1230 g/mol. The van der Waals surface area contributed by atoms with Crippen molar-refractivity contribution in [2.45, 2.75) is 341 Å². The first-order valence-corrected chi connectivity index (χ1v) is 40.2. The molecule has 3 N–H and O–H groups in total. The minimum absolute atomic E-state index is 0.0866. The van der Waals surface area contributed by atoms with Gasteiger partial charge in [-0.05, 0) is 89.9 Å². The molecule has 94 heavy (non-hydrogen) atoms. The number of unbranched alkanes of at least 4 members (excludes halogenated alkanes) is 32. The summed E-state index contributed by atoms with van der Waals surface area (Å²) in [5.74, 6) is -2.23. The maximum Gasteiger partial charge on any atom is 0.472 e. The van der Waals surface area contributed by atoms with Gasteiger partial charge in [0.25, 0.3) is 0 Å². The second-order valence-corrected chi connectivity index (χ2v) is 27.8. The number of hydrogen-bond donors (Lipinski definition) is 3. The molecule has 0 spiro atoms. The highest BCUT2D eigenvalue weighted by Crippen LogP contribution is 2.45. The lowest BCUT2D eigenvalue weighted by molar-refractivity contribution is -0.161. The van der Waals surface area contributed by atoms with E-state index in [-0.39, 0.29) is 25.7 Å². The normalized spacial score (nSPS) is 14.4. The minimum Gasteiger partial charge on any atom is -0.462 e. The first kappa shape index (κ1) is 90.5. The summed E-state index contributed by atoms with van der Waals surface area (Å²) in [7, 11) is -9.94. The lowest BCUT2D eigenvalue weighted by atomic mass is 10.1. The highest BCUT2D eigenvalue weighted by atomic mass is 31.2. The molecule has 0 aliphatic carbocycles. The number of allylic oxidation sites excluding steroid dienone is 12. The van der Waals surface area contributed by atoms with Gasteiger partial charge in [-0.1, -0.05) is 280 Å². The van der Waals surface area contributed by atoms with E-state index in [2.05, 4.69) is 88.5 Å². The number of carbonyl (C=O) groups excluding carboxylic acids is 4. The van der Waals surface area contributed by atoms with Crippen molar-refractivity contribution in [3.05, 3.63) is 72.9 Å². The fourth-order valence-corrected chi connectivity index (χ4v) is 11.6. The van der Waals surface area contributed by atoms with Crippen LogP contribution in [0.3, 0.4) is 0 Å². The number of ether oxygens (including phenoxy) is 4. The van der Waals surface area contributed by atoms with Gasteiger partial charge in [-0.15, -0.1) is 0 Å². The molecule has 0 bridgehead atoms. The number of esters is 4. The van der Waals surface area contributed by atoms with Crippen LogP contribution in [0.2, 0.25) is 0 Å². The topological polar surface area (TPSA) is 237 Å². The molecule has 0 heterocycles. The zero-order valence-corrected chi connectivity index (χ0v) is 61.2. The van der Waals surface area contributed by atoms with Gasteiger partial charge in [-0.2, -0.15) is 0 Å². The van der Waals surface area contributed by atoms with E-state index in [4.69, 9.17) is 37.0 Å². The number of phosphoric ester groups is 2. The molecule has 0 aromatic carbocycles. The van der Waals surface area contributed by atoms with E-state index in [1.165, 1.54) is 116 Å². The Bertz CT molecular complexity index is 2070. The van der Waals surface area contributed by atoms with E-state index in [0.717, 1.165) is 122 Å². The number of phosphoric acid groups is 2. The third-order valence-corrected chi connectivity index (χ3v) is 17.6. The molecule has 5 atom stereocenters. The highest BCUT2D eigenvalue weighted by molar-refractivity contribution is 7.47. The SMILES string of the molecule is CC/C=C\C/C=C\C/C=C\C/C=C\C/C=C\CCCC(=O)OCC(COP(=O)(O)OCC(O)COP(=O)(O)OCC(COC(=O)CCCCCCC/C=C\CCCCCCCC)OC(=O)CCCCCCCCCCCCC)OC(=O)CCCCCCCCCCCCC. The average Bonchev–Trinajstić information content (AvgIpc) is 1.32. The summed E-state index contributed by atoms with van der Waals surface area (Å²) in [6.07, 6.45) is 66.3. The molecule has 0 aliphatic rings. The fraction of sp³-hybridized carbons (Fsp3) is 0.787. The summed E-state index contributed by atoms with van der Waals surface area (Å²) in [6, 6.07) is 0. The van der Waals surface area contributed by atoms with Crippen LogP contribution in [0.1, 0.15) is 323 Å². The fourth-order valence-electron chi connectivity index (χ4n) is 10.0. The maximum absolute atomic E-state index is 13.0. The van der Waals surface area contributed by atoms with Crippen LogP contribution in [0.15, 0.2) is 72.9 Å². The third kappa shape index (κ3) is 67.1. The van der Waals surface area contributed by atoms with E-state index in [0.29, 0.717) is 32.1 Å². The molecule has 0 fully saturated rings. The summed E-state index contributed by atoms with van der Waals surface area (Å²) < 4.78 is 68.3. The Morgan fingerprint density at radius 3 is 0.904 bits per heavy atom. The molecule has 0 aromatic rings. The van der Waals surface area contributed by atoms with Gasteiger partial charge in [-0.25, -0.2) is 9.13 Å². The van der Waals surface area contributed by atoms with Crippen LogP contribution in [-0.4, -0.2) is 96.7 Å². The molecule has 0 amide bonds.